The molecule has 3 rings (SSSR count). The van der Waals surface area contributed by atoms with Gasteiger partial charge in [0.05, 0.1) is 10.5 Å². The van der Waals surface area contributed by atoms with Gasteiger partial charge in [0.1, 0.15) is 5.82 Å². The Balaban J connectivity index is 1.75. The summed E-state index contributed by atoms with van der Waals surface area (Å²) < 4.78 is 65.8. The molecule has 0 spiro atoms. The molecule has 11 heteroatoms. The lowest BCUT2D eigenvalue weighted by Crippen LogP contribution is -2.14. The Bertz CT molecular complexity index is 1170. The van der Waals surface area contributed by atoms with Gasteiger partial charge in [-0.05, 0) is 56.3 Å². The quantitative estimate of drug-likeness (QED) is 0.479. The van der Waals surface area contributed by atoms with Crippen molar-refractivity contribution in [1.29, 1.82) is 0 Å². The first kappa shape index (κ1) is 22.3. The maximum absolute atomic E-state index is 12.9. The van der Waals surface area contributed by atoms with E-state index in [-0.39, 0.29) is 5.69 Å². The Morgan fingerprint density at radius 3 is 2.29 bits per heavy atom. The second-order valence-corrected chi connectivity index (χ2v) is 8.26. The molecule has 0 atom stereocenters. The summed E-state index contributed by atoms with van der Waals surface area (Å²) in [6.07, 6.45) is -4.63. The summed E-state index contributed by atoms with van der Waals surface area (Å²) in [7, 11) is -4.18. The van der Waals surface area contributed by atoms with Gasteiger partial charge in [0.25, 0.3) is 10.0 Å². The third-order valence-electron chi connectivity index (χ3n) is 4.07. The second kappa shape index (κ2) is 8.80. The summed E-state index contributed by atoms with van der Waals surface area (Å²) in [5.74, 6) is 1.04. The van der Waals surface area contributed by atoms with Crippen LogP contribution in [0.3, 0.4) is 0 Å². The van der Waals surface area contributed by atoms with E-state index in [1.54, 1.807) is 18.2 Å². The number of aryl methyl sites for hydroxylation is 1. The maximum atomic E-state index is 12.9. The summed E-state index contributed by atoms with van der Waals surface area (Å²) in [6, 6.07) is 11.5. The minimum Gasteiger partial charge on any atom is -0.354 e. The van der Waals surface area contributed by atoms with Crippen molar-refractivity contribution in [2.45, 2.75) is 24.9 Å². The van der Waals surface area contributed by atoms with Gasteiger partial charge >= 0.3 is 6.18 Å². The van der Waals surface area contributed by atoms with Gasteiger partial charge in [0.15, 0.2) is 0 Å². The molecule has 7 nitrogen and oxygen atoms in total. The Labute approximate surface area is 177 Å². The van der Waals surface area contributed by atoms with E-state index in [9.17, 15) is 21.6 Å². The number of hydrogen-bond acceptors (Lipinski definition) is 6. The van der Waals surface area contributed by atoms with Crippen molar-refractivity contribution in [3.63, 3.8) is 0 Å². The Hall–Kier alpha value is -3.34. The maximum Gasteiger partial charge on any atom is 0.416 e. The largest absolute Gasteiger partial charge is 0.416 e. The lowest BCUT2D eigenvalue weighted by molar-refractivity contribution is -0.137. The summed E-state index contributed by atoms with van der Waals surface area (Å²) in [4.78, 5) is 8.12. The number of alkyl halides is 3. The number of anilines is 4. The number of sulfonamides is 1. The molecule has 1 aromatic heterocycles. The number of nitrogens with one attached hydrogen (secondary N) is 3. The summed E-state index contributed by atoms with van der Waals surface area (Å²) in [5, 5.41) is 6.12. The molecule has 0 saturated heterocycles. The lowest BCUT2D eigenvalue weighted by Gasteiger charge is -2.12. The van der Waals surface area contributed by atoms with Crippen LogP contribution >= 0.6 is 0 Å². The van der Waals surface area contributed by atoms with Crippen LogP contribution in [-0.2, 0) is 16.2 Å². The average Bonchev–Trinajstić information content (AvgIpc) is 2.69. The molecule has 0 bridgehead atoms. The minimum absolute atomic E-state index is 0.204. The van der Waals surface area contributed by atoms with Gasteiger partial charge in [-0.3, -0.25) is 4.72 Å². The zero-order chi connectivity index (χ0) is 22.6. The standard InChI is InChI=1S/C20H20F3N5O2S/c1-3-24-19-25-13(2)11-18(27-19)26-15-7-9-16(10-8-15)28-31(29,30)17-6-4-5-14(12-17)20(21,22)23/h4-12,28H,3H2,1-2H3,(H2,24,25,26,27). The van der Waals surface area contributed by atoms with Crippen LogP contribution < -0.4 is 15.4 Å². The highest BCUT2D eigenvalue weighted by Crippen LogP contribution is 2.31. The molecule has 0 amide bonds. The molecule has 0 radical (unpaired) electrons. The van der Waals surface area contributed by atoms with Gasteiger partial charge in [-0.2, -0.15) is 18.2 Å². The molecule has 0 aliphatic heterocycles. The topological polar surface area (TPSA) is 96.0 Å². The Morgan fingerprint density at radius 2 is 1.65 bits per heavy atom. The molecule has 1 heterocycles. The van der Waals surface area contributed by atoms with Crippen LogP contribution in [0.4, 0.5) is 36.3 Å². The highest BCUT2D eigenvalue weighted by atomic mass is 32.2. The molecule has 31 heavy (non-hydrogen) atoms. The van der Waals surface area contributed by atoms with Crippen LogP contribution in [0.15, 0.2) is 59.5 Å². The molecule has 2 aromatic carbocycles. The van der Waals surface area contributed by atoms with Crippen LogP contribution in [-0.4, -0.2) is 24.9 Å². The zero-order valence-corrected chi connectivity index (χ0v) is 17.5. The Kier molecular flexibility index (Phi) is 6.34. The molecule has 0 aliphatic rings. The van der Waals surface area contributed by atoms with E-state index in [1.807, 2.05) is 13.8 Å². The van der Waals surface area contributed by atoms with Crippen LogP contribution in [0.2, 0.25) is 0 Å². The number of nitrogens with zero attached hydrogens (tertiary/aromatic N) is 2. The van der Waals surface area contributed by atoms with E-state index >= 15 is 0 Å². The van der Waals surface area contributed by atoms with Gasteiger partial charge in [-0.25, -0.2) is 13.4 Å². The van der Waals surface area contributed by atoms with Gasteiger partial charge < -0.3 is 10.6 Å². The van der Waals surface area contributed by atoms with Crippen LogP contribution in [0.25, 0.3) is 0 Å². The molecule has 0 unspecified atom stereocenters. The van der Waals surface area contributed by atoms with E-state index in [2.05, 4.69) is 25.3 Å². The van der Waals surface area contributed by atoms with Crippen molar-refractivity contribution in [1.82, 2.24) is 9.97 Å². The third kappa shape index (κ3) is 5.85. The number of aromatic nitrogens is 2. The van der Waals surface area contributed by atoms with Crippen molar-refractivity contribution in [2.75, 3.05) is 21.9 Å². The van der Waals surface area contributed by atoms with E-state index in [0.717, 1.165) is 23.9 Å². The Morgan fingerprint density at radius 1 is 0.968 bits per heavy atom. The van der Waals surface area contributed by atoms with Crippen molar-refractivity contribution in [2.24, 2.45) is 0 Å². The van der Waals surface area contributed by atoms with Crippen molar-refractivity contribution in [3.05, 3.63) is 65.9 Å². The number of rotatable bonds is 7. The predicted molar refractivity (Wildman–Crippen MR) is 113 cm³/mol. The summed E-state index contributed by atoms with van der Waals surface area (Å²) in [5.41, 5.74) is 0.573. The van der Waals surface area contributed by atoms with E-state index < -0.39 is 26.7 Å². The number of halogens is 3. The average molecular weight is 451 g/mol. The fraction of sp³-hybridized carbons (Fsp3) is 0.200. The summed E-state index contributed by atoms with van der Waals surface area (Å²) >= 11 is 0. The van der Waals surface area contributed by atoms with E-state index in [1.165, 1.54) is 12.1 Å². The van der Waals surface area contributed by atoms with E-state index in [0.29, 0.717) is 30.1 Å². The third-order valence-corrected chi connectivity index (χ3v) is 5.45. The molecule has 0 aliphatic carbocycles. The number of benzene rings is 2. The van der Waals surface area contributed by atoms with Crippen molar-refractivity contribution in [3.8, 4) is 0 Å². The molecular weight excluding hydrogens is 431 g/mol. The van der Waals surface area contributed by atoms with Crippen molar-refractivity contribution >= 4 is 33.2 Å². The second-order valence-electron chi connectivity index (χ2n) is 6.58. The first-order chi connectivity index (χ1) is 14.6. The van der Waals surface area contributed by atoms with Crippen LogP contribution in [0.1, 0.15) is 18.2 Å². The first-order valence-corrected chi connectivity index (χ1v) is 10.7. The normalized spacial score (nSPS) is 11.8. The van der Waals surface area contributed by atoms with Gasteiger partial charge in [0, 0.05) is 29.7 Å². The molecule has 3 aromatic rings. The molecule has 164 valence electrons. The van der Waals surface area contributed by atoms with Crippen molar-refractivity contribution < 1.29 is 21.6 Å². The molecule has 0 saturated carbocycles. The highest BCUT2D eigenvalue weighted by Gasteiger charge is 2.31. The lowest BCUT2D eigenvalue weighted by atomic mass is 10.2. The fourth-order valence-corrected chi connectivity index (χ4v) is 3.80. The number of hydrogen-bond donors (Lipinski definition) is 3. The summed E-state index contributed by atoms with van der Waals surface area (Å²) in [6.45, 7) is 4.43. The monoisotopic (exact) mass is 451 g/mol. The molecular formula is C20H20F3N5O2S. The first-order valence-electron chi connectivity index (χ1n) is 9.23. The smallest absolute Gasteiger partial charge is 0.354 e. The van der Waals surface area contributed by atoms with Gasteiger partial charge in [-0.15, -0.1) is 0 Å². The van der Waals surface area contributed by atoms with E-state index in [4.69, 9.17) is 0 Å². The predicted octanol–water partition coefficient (Wildman–Crippen LogP) is 4.78. The van der Waals surface area contributed by atoms with Gasteiger partial charge in [-0.1, -0.05) is 6.07 Å². The molecule has 3 N–H and O–H groups in total. The SMILES string of the molecule is CCNc1nc(C)cc(Nc2ccc(NS(=O)(=O)c3cccc(C(F)(F)F)c3)cc2)n1. The molecule has 0 fully saturated rings. The van der Waals surface area contributed by atoms with Gasteiger partial charge in [0.2, 0.25) is 5.95 Å². The minimum atomic E-state index is -4.63. The highest BCUT2D eigenvalue weighted by molar-refractivity contribution is 7.92. The zero-order valence-electron chi connectivity index (χ0n) is 16.7. The van der Waals surface area contributed by atoms with Crippen LogP contribution in [0, 0.1) is 6.92 Å². The fourth-order valence-electron chi connectivity index (χ4n) is 2.69. The van der Waals surface area contributed by atoms with Crippen LogP contribution in [0.5, 0.6) is 0 Å².